The molecule has 1 amide bonds. The average Bonchev–Trinajstić information content (AvgIpc) is 2.85. The lowest BCUT2D eigenvalue weighted by atomic mass is 10.2. The van der Waals surface area contributed by atoms with Gasteiger partial charge in [-0.3, -0.25) is 9.48 Å². The van der Waals surface area contributed by atoms with E-state index in [1.165, 1.54) is 0 Å². The maximum atomic E-state index is 12.2. The van der Waals surface area contributed by atoms with Crippen LogP contribution in [0.5, 0.6) is 0 Å². The Hall–Kier alpha value is -1.40. The number of nitrogens with zero attached hydrogens (tertiary/aromatic N) is 3. The van der Waals surface area contributed by atoms with Crippen LogP contribution in [0.2, 0.25) is 0 Å². The normalized spacial score (nSPS) is 11.1. The van der Waals surface area contributed by atoms with Crippen molar-refractivity contribution in [1.29, 1.82) is 0 Å². The quantitative estimate of drug-likeness (QED) is 0.675. The monoisotopic (exact) mass is 295 g/mol. The average molecular weight is 295 g/mol. The summed E-state index contributed by atoms with van der Waals surface area (Å²) in [6.45, 7) is 11.3. The van der Waals surface area contributed by atoms with E-state index in [0.717, 1.165) is 44.7 Å². The second-order valence-corrected chi connectivity index (χ2v) is 5.20. The van der Waals surface area contributed by atoms with Gasteiger partial charge < -0.3 is 16.0 Å². The van der Waals surface area contributed by atoms with E-state index in [0.29, 0.717) is 18.7 Å². The number of rotatable bonds is 10. The molecule has 0 radical (unpaired) electrons. The van der Waals surface area contributed by atoms with Gasteiger partial charge in [-0.25, -0.2) is 0 Å². The van der Waals surface area contributed by atoms with Crippen molar-refractivity contribution in [2.24, 2.45) is 5.73 Å². The predicted octanol–water partition coefficient (Wildman–Crippen LogP) is 1.00. The van der Waals surface area contributed by atoms with E-state index in [1.807, 2.05) is 11.6 Å². The Morgan fingerprint density at radius 1 is 1.43 bits per heavy atom. The molecule has 0 bridgehead atoms. The number of nitrogens with two attached hydrogens (primary N) is 1. The van der Waals surface area contributed by atoms with Crippen molar-refractivity contribution in [3.05, 3.63) is 17.5 Å². The molecular formula is C15H29N5O. The summed E-state index contributed by atoms with van der Waals surface area (Å²) in [4.78, 5) is 14.5. The number of aromatic nitrogens is 2. The fourth-order valence-corrected chi connectivity index (χ4v) is 2.30. The van der Waals surface area contributed by atoms with Crippen LogP contribution in [0.25, 0.3) is 0 Å². The van der Waals surface area contributed by atoms with Crippen molar-refractivity contribution >= 4 is 5.91 Å². The minimum atomic E-state index is -0.0425. The summed E-state index contributed by atoms with van der Waals surface area (Å²) in [5, 5.41) is 7.23. The molecule has 1 aromatic rings. The highest BCUT2D eigenvalue weighted by atomic mass is 16.1. The van der Waals surface area contributed by atoms with Crippen LogP contribution in [0.15, 0.2) is 6.20 Å². The van der Waals surface area contributed by atoms with Crippen LogP contribution in [0.3, 0.4) is 0 Å². The summed E-state index contributed by atoms with van der Waals surface area (Å²) in [6, 6.07) is 0. The standard InChI is InChI=1S/C15H29N5O/c1-4-9-19(5-2)11-8-17-15(21)14-12-18-20(13(14)3)10-6-7-16/h12H,4-11,16H2,1-3H3,(H,17,21). The Balaban J connectivity index is 2.46. The summed E-state index contributed by atoms with van der Waals surface area (Å²) in [7, 11) is 0. The Kier molecular flexibility index (Phi) is 8.00. The molecule has 3 N–H and O–H groups in total. The number of carbonyl (C=O) groups excluding carboxylic acids is 1. The van der Waals surface area contributed by atoms with Crippen molar-refractivity contribution in [2.75, 3.05) is 32.7 Å². The van der Waals surface area contributed by atoms with Gasteiger partial charge in [-0.1, -0.05) is 13.8 Å². The van der Waals surface area contributed by atoms with Gasteiger partial charge in [-0.15, -0.1) is 0 Å². The molecule has 0 aromatic carbocycles. The lowest BCUT2D eigenvalue weighted by Crippen LogP contribution is -2.35. The molecule has 6 nitrogen and oxygen atoms in total. The van der Waals surface area contributed by atoms with Gasteiger partial charge in [0, 0.05) is 25.3 Å². The Morgan fingerprint density at radius 3 is 2.81 bits per heavy atom. The zero-order valence-corrected chi connectivity index (χ0v) is 13.6. The summed E-state index contributed by atoms with van der Waals surface area (Å²) in [6.07, 6.45) is 3.64. The van der Waals surface area contributed by atoms with E-state index in [1.54, 1.807) is 6.20 Å². The number of nitrogens with one attached hydrogen (secondary N) is 1. The maximum Gasteiger partial charge on any atom is 0.254 e. The summed E-state index contributed by atoms with van der Waals surface area (Å²) in [5.41, 5.74) is 7.06. The minimum absolute atomic E-state index is 0.0425. The number of amides is 1. The molecule has 0 aliphatic heterocycles. The van der Waals surface area contributed by atoms with Crippen LogP contribution in [0, 0.1) is 6.92 Å². The molecular weight excluding hydrogens is 266 g/mol. The van der Waals surface area contributed by atoms with Crippen LogP contribution >= 0.6 is 0 Å². The van der Waals surface area contributed by atoms with Crippen LogP contribution in [0.4, 0.5) is 0 Å². The third-order valence-electron chi connectivity index (χ3n) is 3.62. The van der Waals surface area contributed by atoms with Crippen molar-refractivity contribution in [2.45, 2.75) is 40.2 Å². The second-order valence-electron chi connectivity index (χ2n) is 5.20. The maximum absolute atomic E-state index is 12.2. The lowest BCUT2D eigenvalue weighted by Gasteiger charge is -2.19. The van der Waals surface area contributed by atoms with E-state index in [2.05, 4.69) is 29.2 Å². The largest absolute Gasteiger partial charge is 0.351 e. The van der Waals surface area contributed by atoms with E-state index < -0.39 is 0 Å². The SMILES string of the molecule is CCCN(CC)CCNC(=O)c1cnn(CCCN)c1C. The molecule has 1 rings (SSSR count). The first kappa shape index (κ1) is 17.7. The fourth-order valence-electron chi connectivity index (χ4n) is 2.30. The van der Waals surface area contributed by atoms with Crippen LogP contribution in [-0.2, 0) is 6.54 Å². The molecule has 21 heavy (non-hydrogen) atoms. The molecule has 0 spiro atoms. The van der Waals surface area contributed by atoms with Crippen LogP contribution in [0.1, 0.15) is 42.7 Å². The molecule has 6 heteroatoms. The first-order valence-corrected chi connectivity index (χ1v) is 7.87. The molecule has 0 atom stereocenters. The Labute approximate surface area is 127 Å². The summed E-state index contributed by atoms with van der Waals surface area (Å²) >= 11 is 0. The highest BCUT2D eigenvalue weighted by Crippen LogP contribution is 2.07. The van der Waals surface area contributed by atoms with Crippen LogP contribution < -0.4 is 11.1 Å². The van der Waals surface area contributed by atoms with Gasteiger partial charge in [0.1, 0.15) is 0 Å². The third kappa shape index (κ3) is 5.47. The van der Waals surface area contributed by atoms with E-state index in [-0.39, 0.29) is 5.91 Å². The first-order valence-electron chi connectivity index (χ1n) is 7.87. The lowest BCUT2D eigenvalue weighted by molar-refractivity contribution is 0.0948. The number of hydrogen-bond acceptors (Lipinski definition) is 4. The Bertz CT molecular complexity index is 430. The molecule has 1 aromatic heterocycles. The number of likely N-dealkylation sites (N-methyl/N-ethyl adjacent to an activating group) is 1. The van der Waals surface area contributed by atoms with Gasteiger partial charge in [0.25, 0.3) is 5.91 Å². The summed E-state index contributed by atoms with van der Waals surface area (Å²) in [5.74, 6) is -0.0425. The van der Waals surface area contributed by atoms with E-state index in [9.17, 15) is 4.79 Å². The zero-order valence-electron chi connectivity index (χ0n) is 13.6. The van der Waals surface area contributed by atoms with Gasteiger partial charge >= 0.3 is 0 Å². The molecule has 120 valence electrons. The van der Waals surface area contributed by atoms with Crippen molar-refractivity contribution in [3.63, 3.8) is 0 Å². The minimum Gasteiger partial charge on any atom is -0.351 e. The number of carbonyl (C=O) groups is 1. The van der Waals surface area contributed by atoms with Crippen molar-refractivity contribution in [1.82, 2.24) is 20.0 Å². The van der Waals surface area contributed by atoms with Crippen molar-refractivity contribution < 1.29 is 4.79 Å². The van der Waals surface area contributed by atoms with Crippen LogP contribution in [-0.4, -0.2) is 53.3 Å². The molecule has 0 saturated heterocycles. The fraction of sp³-hybridized carbons (Fsp3) is 0.733. The number of hydrogen-bond donors (Lipinski definition) is 2. The second kappa shape index (κ2) is 9.52. The highest BCUT2D eigenvalue weighted by Gasteiger charge is 2.13. The molecule has 1 heterocycles. The number of aryl methyl sites for hydroxylation is 1. The van der Waals surface area contributed by atoms with Gasteiger partial charge in [0.15, 0.2) is 0 Å². The van der Waals surface area contributed by atoms with Gasteiger partial charge in [-0.2, -0.15) is 5.10 Å². The molecule has 0 saturated carbocycles. The predicted molar refractivity (Wildman–Crippen MR) is 85.4 cm³/mol. The first-order chi connectivity index (χ1) is 10.1. The van der Waals surface area contributed by atoms with Crippen molar-refractivity contribution in [3.8, 4) is 0 Å². The van der Waals surface area contributed by atoms with Gasteiger partial charge in [-0.05, 0) is 39.4 Å². The summed E-state index contributed by atoms with van der Waals surface area (Å²) < 4.78 is 1.84. The Morgan fingerprint density at radius 2 is 2.19 bits per heavy atom. The highest BCUT2D eigenvalue weighted by molar-refractivity contribution is 5.95. The third-order valence-corrected chi connectivity index (χ3v) is 3.62. The van der Waals surface area contributed by atoms with E-state index >= 15 is 0 Å². The topological polar surface area (TPSA) is 76.2 Å². The zero-order chi connectivity index (χ0) is 15.7. The van der Waals surface area contributed by atoms with E-state index in [4.69, 9.17) is 5.73 Å². The molecule has 0 aliphatic rings. The molecule has 0 fully saturated rings. The van der Waals surface area contributed by atoms with Gasteiger partial charge in [0.05, 0.1) is 11.8 Å². The smallest absolute Gasteiger partial charge is 0.254 e. The molecule has 0 unspecified atom stereocenters. The van der Waals surface area contributed by atoms with Gasteiger partial charge in [0.2, 0.25) is 0 Å². The molecule has 0 aliphatic carbocycles.